The van der Waals surface area contributed by atoms with Gasteiger partial charge in [0.1, 0.15) is 0 Å². The molecule has 2 rings (SSSR count). The Kier molecular flexibility index (Phi) is 5.10. The maximum absolute atomic E-state index is 12.3. The molecular formula is C17H17NO3. The molecule has 0 unspecified atom stereocenters. The summed E-state index contributed by atoms with van der Waals surface area (Å²) in [5.74, 6) is -0.589. The second-order valence-corrected chi connectivity index (χ2v) is 4.45. The summed E-state index contributed by atoms with van der Waals surface area (Å²) in [7, 11) is 0. The molecule has 0 N–H and O–H groups in total. The van der Waals surface area contributed by atoms with Gasteiger partial charge in [0.05, 0.1) is 5.56 Å². The summed E-state index contributed by atoms with van der Waals surface area (Å²) in [6.07, 6.45) is 0. The number of hydrogen-bond acceptors (Lipinski definition) is 3. The van der Waals surface area contributed by atoms with Gasteiger partial charge in [0, 0.05) is 12.1 Å². The number of benzene rings is 2. The van der Waals surface area contributed by atoms with E-state index in [1.807, 2.05) is 19.1 Å². The van der Waals surface area contributed by atoms with Crippen molar-refractivity contribution in [1.29, 1.82) is 0 Å². The van der Waals surface area contributed by atoms with Crippen molar-refractivity contribution in [2.45, 2.75) is 6.92 Å². The third-order valence-corrected chi connectivity index (χ3v) is 3.05. The highest BCUT2D eigenvalue weighted by molar-refractivity contribution is 5.94. The van der Waals surface area contributed by atoms with Crippen LogP contribution < -0.4 is 0 Å². The zero-order chi connectivity index (χ0) is 15.1. The Balaban J connectivity index is 1.97. The van der Waals surface area contributed by atoms with Crippen molar-refractivity contribution in [2.75, 3.05) is 13.3 Å². The van der Waals surface area contributed by atoms with Crippen molar-refractivity contribution in [3.05, 3.63) is 71.8 Å². The Hall–Kier alpha value is -2.62. The lowest BCUT2D eigenvalue weighted by Crippen LogP contribution is -2.34. The second kappa shape index (κ2) is 7.24. The van der Waals surface area contributed by atoms with E-state index in [2.05, 4.69) is 0 Å². The van der Waals surface area contributed by atoms with E-state index in [4.69, 9.17) is 4.74 Å². The topological polar surface area (TPSA) is 46.6 Å². The van der Waals surface area contributed by atoms with Gasteiger partial charge in [-0.05, 0) is 31.2 Å². The number of ether oxygens (including phenoxy) is 1. The van der Waals surface area contributed by atoms with Gasteiger partial charge < -0.3 is 9.64 Å². The molecule has 0 heterocycles. The second-order valence-electron chi connectivity index (χ2n) is 4.45. The number of rotatable bonds is 5. The van der Waals surface area contributed by atoms with Crippen molar-refractivity contribution in [1.82, 2.24) is 4.90 Å². The highest BCUT2D eigenvalue weighted by Crippen LogP contribution is 2.06. The van der Waals surface area contributed by atoms with Crippen molar-refractivity contribution in [3.63, 3.8) is 0 Å². The largest absolute Gasteiger partial charge is 0.441 e. The molecule has 0 atom stereocenters. The minimum absolute atomic E-state index is 0.0576. The van der Waals surface area contributed by atoms with Crippen LogP contribution in [0.2, 0.25) is 0 Å². The SMILES string of the molecule is CCN(COC(=O)c1ccccc1)C(=O)c1ccccc1. The first kappa shape index (κ1) is 14.8. The van der Waals surface area contributed by atoms with Crippen LogP contribution in [0.5, 0.6) is 0 Å². The first-order valence-corrected chi connectivity index (χ1v) is 6.79. The molecule has 0 spiro atoms. The van der Waals surface area contributed by atoms with E-state index in [-0.39, 0.29) is 12.6 Å². The Morgan fingerprint density at radius 3 is 1.95 bits per heavy atom. The molecule has 0 aliphatic heterocycles. The van der Waals surface area contributed by atoms with Crippen LogP contribution in [0.25, 0.3) is 0 Å². The summed E-state index contributed by atoms with van der Waals surface area (Å²) in [4.78, 5) is 25.6. The predicted octanol–water partition coefficient (Wildman–Crippen LogP) is 2.96. The van der Waals surface area contributed by atoms with E-state index in [0.29, 0.717) is 17.7 Å². The van der Waals surface area contributed by atoms with Crippen molar-refractivity contribution >= 4 is 11.9 Å². The molecule has 0 bridgehead atoms. The number of carbonyl (C=O) groups excluding carboxylic acids is 2. The fraction of sp³-hybridized carbons (Fsp3) is 0.176. The van der Waals surface area contributed by atoms with Crippen LogP contribution >= 0.6 is 0 Å². The van der Waals surface area contributed by atoms with Gasteiger partial charge in [-0.3, -0.25) is 4.79 Å². The van der Waals surface area contributed by atoms with Gasteiger partial charge >= 0.3 is 5.97 Å². The van der Waals surface area contributed by atoms with Gasteiger partial charge in [-0.15, -0.1) is 0 Å². The summed E-state index contributed by atoms with van der Waals surface area (Å²) in [5.41, 5.74) is 1.05. The number of hydrogen-bond donors (Lipinski definition) is 0. The molecule has 0 fully saturated rings. The number of amides is 1. The van der Waals surface area contributed by atoms with Crippen molar-refractivity contribution in [3.8, 4) is 0 Å². The molecule has 0 aromatic heterocycles. The number of carbonyl (C=O) groups is 2. The van der Waals surface area contributed by atoms with Crippen LogP contribution in [0.4, 0.5) is 0 Å². The Labute approximate surface area is 124 Å². The highest BCUT2D eigenvalue weighted by atomic mass is 16.5. The zero-order valence-corrected chi connectivity index (χ0v) is 11.9. The van der Waals surface area contributed by atoms with E-state index >= 15 is 0 Å². The lowest BCUT2D eigenvalue weighted by Gasteiger charge is -2.20. The summed E-state index contributed by atoms with van der Waals surface area (Å²) < 4.78 is 5.19. The van der Waals surface area contributed by atoms with Gasteiger partial charge in [0.15, 0.2) is 6.73 Å². The van der Waals surface area contributed by atoms with Crippen LogP contribution in [0.1, 0.15) is 27.6 Å². The summed E-state index contributed by atoms with van der Waals surface area (Å²) in [5, 5.41) is 0. The van der Waals surface area contributed by atoms with Gasteiger partial charge in [-0.2, -0.15) is 0 Å². The lowest BCUT2D eigenvalue weighted by molar-refractivity contribution is 0.0220. The Morgan fingerprint density at radius 1 is 0.905 bits per heavy atom. The van der Waals surface area contributed by atoms with Crippen LogP contribution in [-0.2, 0) is 4.74 Å². The molecule has 0 aliphatic rings. The quantitative estimate of drug-likeness (QED) is 0.626. The molecule has 0 saturated heterocycles. The zero-order valence-electron chi connectivity index (χ0n) is 11.9. The molecule has 4 heteroatoms. The van der Waals surface area contributed by atoms with E-state index in [9.17, 15) is 9.59 Å². The molecule has 1 amide bonds. The molecule has 21 heavy (non-hydrogen) atoms. The number of nitrogens with zero attached hydrogens (tertiary/aromatic N) is 1. The monoisotopic (exact) mass is 283 g/mol. The first-order valence-electron chi connectivity index (χ1n) is 6.79. The Bertz CT molecular complexity index is 596. The molecule has 0 saturated carbocycles. The maximum atomic E-state index is 12.3. The van der Waals surface area contributed by atoms with E-state index in [0.717, 1.165) is 0 Å². The molecular weight excluding hydrogens is 266 g/mol. The van der Waals surface area contributed by atoms with Gasteiger partial charge in [-0.25, -0.2) is 4.79 Å². The fourth-order valence-electron chi connectivity index (χ4n) is 1.85. The fourth-order valence-corrected chi connectivity index (χ4v) is 1.85. The Morgan fingerprint density at radius 2 is 1.43 bits per heavy atom. The third-order valence-electron chi connectivity index (χ3n) is 3.05. The predicted molar refractivity (Wildman–Crippen MR) is 79.9 cm³/mol. The van der Waals surface area contributed by atoms with Crippen LogP contribution in [-0.4, -0.2) is 30.1 Å². The van der Waals surface area contributed by atoms with Gasteiger partial charge in [0.25, 0.3) is 5.91 Å². The highest BCUT2D eigenvalue weighted by Gasteiger charge is 2.16. The van der Waals surface area contributed by atoms with Crippen LogP contribution in [0.15, 0.2) is 60.7 Å². The first-order chi connectivity index (χ1) is 10.2. The summed E-state index contributed by atoms with van der Waals surface area (Å²) in [6.45, 7) is 2.25. The maximum Gasteiger partial charge on any atom is 0.339 e. The molecule has 108 valence electrons. The average Bonchev–Trinajstić information content (AvgIpc) is 2.56. The standard InChI is InChI=1S/C17H17NO3/c1-2-18(16(19)14-9-5-3-6-10-14)13-21-17(20)15-11-7-4-8-12-15/h3-12H,2,13H2,1H3. The summed E-state index contributed by atoms with van der Waals surface area (Å²) >= 11 is 0. The summed E-state index contributed by atoms with van der Waals surface area (Å²) in [6, 6.07) is 17.7. The van der Waals surface area contributed by atoms with Gasteiger partial charge in [0.2, 0.25) is 0 Å². The minimum atomic E-state index is -0.435. The van der Waals surface area contributed by atoms with Crippen molar-refractivity contribution in [2.24, 2.45) is 0 Å². The van der Waals surface area contributed by atoms with E-state index in [1.54, 1.807) is 48.5 Å². The molecule has 2 aromatic rings. The van der Waals surface area contributed by atoms with E-state index < -0.39 is 5.97 Å². The molecule has 4 nitrogen and oxygen atoms in total. The lowest BCUT2D eigenvalue weighted by atomic mass is 10.2. The molecule has 0 aliphatic carbocycles. The smallest absolute Gasteiger partial charge is 0.339 e. The number of esters is 1. The van der Waals surface area contributed by atoms with E-state index in [1.165, 1.54) is 4.90 Å². The van der Waals surface area contributed by atoms with Crippen LogP contribution in [0.3, 0.4) is 0 Å². The molecule has 0 radical (unpaired) electrons. The third kappa shape index (κ3) is 3.92. The normalized spacial score (nSPS) is 9.95. The average molecular weight is 283 g/mol. The van der Waals surface area contributed by atoms with Crippen molar-refractivity contribution < 1.29 is 14.3 Å². The van der Waals surface area contributed by atoms with Crippen LogP contribution in [0, 0.1) is 0 Å². The minimum Gasteiger partial charge on any atom is -0.441 e. The van der Waals surface area contributed by atoms with Gasteiger partial charge in [-0.1, -0.05) is 36.4 Å². The molecule has 2 aromatic carbocycles.